The lowest BCUT2D eigenvalue weighted by molar-refractivity contribution is 0.0785. The van der Waals surface area contributed by atoms with E-state index in [0.29, 0.717) is 27.7 Å². The van der Waals surface area contributed by atoms with Gasteiger partial charge in [0.05, 0.1) is 5.92 Å². The number of halogens is 2. The summed E-state index contributed by atoms with van der Waals surface area (Å²) in [5.74, 6) is -1.10. The topological polar surface area (TPSA) is 37.4 Å². The molecule has 5 heteroatoms. The van der Waals surface area contributed by atoms with Gasteiger partial charge < -0.3 is 0 Å². The van der Waals surface area contributed by atoms with Crippen LogP contribution < -0.4 is 0 Å². The minimum atomic E-state index is -0.560. The highest BCUT2D eigenvalue weighted by molar-refractivity contribution is 6.35. The summed E-state index contributed by atoms with van der Waals surface area (Å²) in [6, 6.07) is 20.1. The number of Topliss-reactive ketones (excluding diaryl/α,β-unsaturated/α-hetero) is 2. The number of hydrogen-bond acceptors (Lipinski definition) is 3. The second kappa shape index (κ2) is 9.19. The summed E-state index contributed by atoms with van der Waals surface area (Å²) in [6.45, 7) is 4.44. The van der Waals surface area contributed by atoms with Crippen LogP contribution in [0.15, 0.2) is 66.7 Å². The third-order valence-corrected chi connectivity index (χ3v) is 6.89. The van der Waals surface area contributed by atoms with E-state index in [4.69, 9.17) is 23.2 Å². The molecule has 0 saturated carbocycles. The van der Waals surface area contributed by atoms with Crippen molar-refractivity contribution in [1.82, 2.24) is 4.90 Å². The summed E-state index contributed by atoms with van der Waals surface area (Å²) >= 11 is 12.7. The zero-order valence-corrected chi connectivity index (χ0v) is 19.8. The molecule has 0 aromatic heterocycles. The van der Waals surface area contributed by atoms with Gasteiger partial charge in [-0.2, -0.15) is 0 Å². The number of carbonyl (C=O) groups excluding carboxylic acids is 2. The normalized spacial score (nSPS) is 21.0. The molecule has 3 aromatic rings. The van der Waals surface area contributed by atoms with Crippen LogP contribution in [0.3, 0.4) is 0 Å². The first-order chi connectivity index (χ1) is 15.3. The summed E-state index contributed by atoms with van der Waals surface area (Å²) < 4.78 is 0. The van der Waals surface area contributed by atoms with E-state index < -0.39 is 11.8 Å². The van der Waals surface area contributed by atoms with Crippen molar-refractivity contribution in [3.8, 4) is 0 Å². The Morgan fingerprint density at radius 2 is 1.34 bits per heavy atom. The van der Waals surface area contributed by atoms with Crippen molar-refractivity contribution in [2.45, 2.75) is 19.9 Å². The van der Waals surface area contributed by atoms with Gasteiger partial charge >= 0.3 is 0 Å². The standard InChI is InChI=1S/C27H25Cl2NO2/c1-16-4-8-18(9-5-16)26(31)22-15-30(3)25(21-13-12-20(28)14-23(21)29)24(22)27(32)19-10-6-17(2)7-11-19/h4-14,22,24-25H,15H2,1-3H3/t22-,24+,25+/m1/s1. The Morgan fingerprint density at radius 3 is 1.88 bits per heavy atom. The van der Waals surface area contributed by atoms with Crippen LogP contribution in [0.4, 0.5) is 0 Å². The number of aryl methyl sites for hydroxylation is 2. The maximum absolute atomic E-state index is 13.8. The fraction of sp³-hybridized carbons (Fsp3) is 0.259. The van der Waals surface area contributed by atoms with Gasteiger partial charge in [-0.05, 0) is 38.6 Å². The molecule has 4 rings (SSSR count). The minimum absolute atomic E-state index is 0.0186. The van der Waals surface area contributed by atoms with Gasteiger partial charge in [0.15, 0.2) is 11.6 Å². The zero-order valence-electron chi connectivity index (χ0n) is 18.3. The van der Waals surface area contributed by atoms with Crippen LogP contribution in [0.1, 0.15) is 43.4 Å². The molecule has 1 aliphatic heterocycles. The second-order valence-corrected chi connectivity index (χ2v) is 9.49. The highest BCUT2D eigenvalue weighted by atomic mass is 35.5. The largest absolute Gasteiger partial charge is 0.298 e. The molecule has 1 fully saturated rings. The highest BCUT2D eigenvalue weighted by Gasteiger charge is 2.48. The Bertz CT molecular complexity index is 1160. The molecule has 0 spiro atoms. The van der Waals surface area contributed by atoms with Gasteiger partial charge in [-0.25, -0.2) is 0 Å². The number of nitrogens with zero attached hydrogens (tertiary/aromatic N) is 1. The Hall–Kier alpha value is -2.46. The minimum Gasteiger partial charge on any atom is -0.298 e. The van der Waals surface area contributed by atoms with E-state index in [-0.39, 0.29) is 17.6 Å². The summed E-state index contributed by atoms with van der Waals surface area (Å²) in [4.78, 5) is 29.5. The van der Waals surface area contributed by atoms with Crippen LogP contribution >= 0.6 is 23.2 Å². The molecule has 0 radical (unpaired) electrons. The van der Waals surface area contributed by atoms with Crippen LogP contribution in [0, 0.1) is 25.7 Å². The first kappa shape index (κ1) is 22.7. The molecule has 164 valence electrons. The Labute approximate surface area is 199 Å². The quantitative estimate of drug-likeness (QED) is 0.398. The molecule has 32 heavy (non-hydrogen) atoms. The summed E-state index contributed by atoms with van der Waals surface area (Å²) in [6.07, 6.45) is 0. The number of hydrogen-bond donors (Lipinski definition) is 0. The maximum atomic E-state index is 13.8. The monoisotopic (exact) mass is 465 g/mol. The van der Waals surface area contributed by atoms with Gasteiger partial charge in [0.1, 0.15) is 0 Å². The van der Waals surface area contributed by atoms with E-state index in [2.05, 4.69) is 4.90 Å². The average Bonchev–Trinajstić information content (AvgIpc) is 3.10. The first-order valence-corrected chi connectivity index (χ1v) is 11.4. The van der Waals surface area contributed by atoms with E-state index in [1.807, 2.05) is 75.5 Å². The molecule has 1 heterocycles. The van der Waals surface area contributed by atoms with Crippen molar-refractivity contribution in [2.75, 3.05) is 13.6 Å². The van der Waals surface area contributed by atoms with Crippen molar-refractivity contribution >= 4 is 34.8 Å². The Morgan fingerprint density at radius 1 is 0.812 bits per heavy atom. The molecule has 0 amide bonds. The Balaban J connectivity index is 1.80. The third kappa shape index (κ3) is 4.38. The van der Waals surface area contributed by atoms with Crippen molar-refractivity contribution < 1.29 is 9.59 Å². The number of likely N-dealkylation sites (tertiary alicyclic amines) is 1. The summed E-state index contributed by atoms with van der Waals surface area (Å²) in [5.41, 5.74) is 4.20. The molecular formula is C27H25Cl2NO2. The first-order valence-electron chi connectivity index (χ1n) is 10.6. The van der Waals surface area contributed by atoms with Crippen LogP contribution in [-0.4, -0.2) is 30.1 Å². The zero-order chi connectivity index (χ0) is 23.0. The molecule has 0 aliphatic carbocycles. The third-order valence-electron chi connectivity index (χ3n) is 6.33. The molecule has 1 aliphatic rings. The van der Waals surface area contributed by atoms with Crippen LogP contribution in [0.5, 0.6) is 0 Å². The number of rotatable bonds is 5. The van der Waals surface area contributed by atoms with Crippen LogP contribution in [0.25, 0.3) is 0 Å². The highest BCUT2D eigenvalue weighted by Crippen LogP contribution is 2.45. The Kier molecular flexibility index (Phi) is 6.52. The van der Waals surface area contributed by atoms with Gasteiger partial charge in [0, 0.05) is 39.7 Å². The SMILES string of the molecule is Cc1ccc(C(=O)[C@H]2[C@H](C(=O)c3ccc(C)cc3)CN(C)[C@H]2c2ccc(Cl)cc2Cl)cc1. The van der Waals surface area contributed by atoms with E-state index in [0.717, 1.165) is 16.7 Å². The van der Waals surface area contributed by atoms with Gasteiger partial charge in [0.2, 0.25) is 0 Å². The molecule has 3 aromatic carbocycles. The van der Waals surface area contributed by atoms with Crippen molar-refractivity contribution in [2.24, 2.45) is 11.8 Å². The lowest BCUT2D eigenvalue weighted by atomic mass is 9.78. The smallest absolute Gasteiger partial charge is 0.168 e. The lowest BCUT2D eigenvalue weighted by Crippen LogP contribution is -2.31. The van der Waals surface area contributed by atoms with Gasteiger partial charge in [-0.15, -0.1) is 0 Å². The van der Waals surface area contributed by atoms with E-state index in [9.17, 15) is 9.59 Å². The molecule has 3 nitrogen and oxygen atoms in total. The molecule has 0 bridgehead atoms. The maximum Gasteiger partial charge on any atom is 0.168 e. The number of ketones is 2. The number of benzene rings is 3. The molecule has 0 unspecified atom stereocenters. The predicted octanol–water partition coefficient (Wildman–Crippen LogP) is 6.59. The molecule has 0 N–H and O–H groups in total. The van der Waals surface area contributed by atoms with Crippen LogP contribution in [-0.2, 0) is 0 Å². The van der Waals surface area contributed by atoms with Gasteiger partial charge in [-0.3, -0.25) is 14.5 Å². The lowest BCUT2D eigenvalue weighted by Gasteiger charge is -2.27. The second-order valence-electron chi connectivity index (χ2n) is 8.64. The van der Waals surface area contributed by atoms with Crippen molar-refractivity contribution in [3.63, 3.8) is 0 Å². The van der Waals surface area contributed by atoms with E-state index >= 15 is 0 Å². The van der Waals surface area contributed by atoms with E-state index in [1.54, 1.807) is 12.1 Å². The molecule has 1 saturated heterocycles. The van der Waals surface area contributed by atoms with E-state index in [1.165, 1.54) is 0 Å². The van der Waals surface area contributed by atoms with Gasteiger partial charge in [0.25, 0.3) is 0 Å². The predicted molar refractivity (Wildman–Crippen MR) is 130 cm³/mol. The summed E-state index contributed by atoms with van der Waals surface area (Å²) in [7, 11) is 1.94. The fourth-order valence-electron chi connectivity index (χ4n) is 4.62. The fourth-order valence-corrected chi connectivity index (χ4v) is 5.14. The summed E-state index contributed by atoms with van der Waals surface area (Å²) in [5, 5.41) is 1.03. The van der Waals surface area contributed by atoms with Gasteiger partial charge in [-0.1, -0.05) is 88.9 Å². The molecule has 3 atom stereocenters. The molecular weight excluding hydrogens is 441 g/mol. The van der Waals surface area contributed by atoms with Crippen molar-refractivity contribution in [3.05, 3.63) is 105 Å². The average molecular weight is 466 g/mol. The number of carbonyl (C=O) groups is 2. The van der Waals surface area contributed by atoms with Crippen LogP contribution in [0.2, 0.25) is 10.0 Å². The van der Waals surface area contributed by atoms with Crippen molar-refractivity contribution in [1.29, 1.82) is 0 Å².